The van der Waals surface area contributed by atoms with Gasteiger partial charge >= 0.3 is 0 Å². The molecule has 2 aromatic carbocycles. The lowest BCUT2D eigenvalue weighted by Crippen LogP contribution is -2.38. The number of nitrogens with one attached hydrogen (secondary N) is 2. The first-order valence-corrected chi connectivity index (χ1v) is 10.2. The van der Waals surface area contributed by atoms with E-state index in [1.165, 1.54) is 6.07 Å². The average molecular weight is 436 g/mol. The summed E-state index contributed by atoms with van der Waals surface area (Å²) < 4.78 is 5.33. The molecule has 0 bridgehead atoms. The number of nitrogens with zero attached hydrogens (tertiary/aromatic N) is 1. The number of ether oxygens (including phenoxy) is 1. The van der Waals surface area contributed by atoms with Crippen molar-refractivity contribution in [2.75, 3.05) is 44.7 Å². The monoisotopic (exact) mass is 435 g/mol. The number of anilines is 1. The quantitative estimate of drug-likeness (QED) is 0.650. The van der Waals surface area contributed by atoms with Crippen molar-refractivity contribution in [1.29, 1.82) is 0 Å². The van der Waals surface area contributed by atoms with E-state index >= 15 is 0 Å². The summed E-state index contributed by atoms with van der Waals surface area (Å²) in [5.74, 6) is -0.635. The number of carbonyl (C=O) groups excluding carboxylic acids is 2. The minimum absolute atomic E-state index is 0.231. The molecule has 2 N–H and O–H groups in total. The minimum Gasteiger partial charge on any atom is -0.379 e. The van der Waals surface area contributed by atoms with Gasteiger partial charge in [-0.05, 0) is 43.3 Å². The molecule has 3 rings (SSSR count). The van der Waals surface area contributed by atoms with Crippen LogP contribution in [0.2, 0.25) is 10.0 Å². The molecule has 1 heterocycles. The van der Waals surface area contributed by atoms with Gasteiger partial charge in [-0.15, -0.1) is 0 Å². The van der Waals surface area contributed by atoms with E-state index in [0.29, 0.717) is 22.8 Å². The molecule has 8 heteroatoms. The van der Waals surface area contributed by atoms with Crippen LogP contribution in [0.1, 0.15) is 27.1 Å². The van der Waals surface area contributed by atoms with Crippen LogP contribution in [0, 0.1) is 0 Å². The van der Waals surface area contributed by atoms with E-state index in [0.717, 1.165) is 39.3 Å². The summed E-state index contributed by atoms with van der Waals surface area (Å²) in [6.45, 7) is 4.85. The molecule has 1 aliphatic heterocycles. The molecule has 29 heavy (non-hydrogen) atoms. The van der Waals surface area contributed by atoms with Gasteiger partial charge in [0.15, 0.2) is 0 Å². The Labute approximate surface area is 180 Å². The molecule has 2 amide bonds. The normalized spacial score (nSPS) is 14.4. The summed E-state index contributed by atoms with van der Waals surface area (Å²) in [4.78, 5) is 27.5. The highest BCUT2D eigenvalue weighted by Crippen LogP contribution is 2.23. The Morgan fingerprint density at radius 1 is 1.00 bits per heavy atom. The molecule has 1 fully saturated rings. The molecule has 154 valence electrons. The van der Waals surface area contributed by atoms with Crippen LogP contribution in [0.15, 0.2) is 42.5 Å². The number of hydrogen-bond donors (Lipinski definition) is 2. The highest BCUT2D eigenvalue weighted by Gasteiger charge is 2.16. The second kappa shape index (κ2) is 10.6. The molecule has 0 aromatic heterocycles. The van der Waals surface area contributed by atoms with Crippen molar-refractivity contribution < 1.29 is 14.3 Å². The zero-order valence-electron chi connectivity index (χ0n) is 15.9. The lowest BCUT2D eigenvalue weighted by Gasteiger charge is -2.26. The summed E-state index contributed by atoms with van der Waals surface area (Å²) >= 11 is 12.0. The van der Waals surface area contributed by atoms with E-state index in [9.17, 15) is 9.59 Å². The van der Waals surface area contributed by atoms with Crippen LogP contribution in [0.3, 0.4) is 0 Å². The van der Waals surface area contributed by atoms with E-state index in [2.05, 4.69) is 15.5 Å². The summed E-state index contributed by atoms with van der Waals surface area (Å²) in [6, 6.07) is 11.5. The second-order valence-corrected chi connectivity index (χ2v) is 7.53. The van der Waals surface area contributed by atoms with Crippen molar-refractivity contribution in [2.45, 2.75) is 6.42 Å². The smallest absolute Gasteiger partial charge is 0.257 e. The van der Waals surface area contributed by atoms with Crippen LogP contribution in [0.4, 0.5) is 5.69 Å². The maximum absolute atomic E-state index is 12.6. The fourth-order valence-corrected chi connectivity index (χ4v) is 3.57. The van der Waals surface area contributed by atoms with Gasteiger partial charge in [-0.1, -0.05) is 35.3 Å². The molecule has 0 spiro atoms. The first-order valence-electron chi connectivity index (χ1n) is 9.48. The summed E-state index contributed by atoms with van der Waals surface area (Å²) in [6.07, 6.45) is 0.848. The molecule has 0 atom stereocenters. The Balaban J connectivity index is 1.57. The zero-order chi connectivity index (χ0) is 20.6. The Hall–Kier alpha value is -2.12. The molecular formula is C21H23Cl2N3O3. The third-order valence-electron chi connectivity index (χ3n) is 4.64. The molecule has 0 radical (unpaired) electrons. The fraction of sp³-hybridized carbons (Fsp3) is 0.333. The van der Waals surface area contributed by atoms with Gasteiger partial charge in [0.1, 0.15) is 0 Å². The van der Waals surface area contributed by atoms with Gasteiger partial charge in [0, 0.05) is 24.7 Å². The number of hydrogen-bond acceptors (Lipinski definition) is 4. The van der Waals surface area contributed by atoms with E-state index in [4.69, 9.17) is 27.9 Å². The van der Waals surface area contributed by atoms with Gasteiger partial charge < -0.3 is 15.4 Å². The standard InChI is InChI=1S/C21H23Cl2N3O3/c22-15-6-7-16(18(23)14-15)21(28)25-19-5-2-1-4-17(19)20(27)24-8-3-9-26-10-12-29-13-11-26/h1-2,4-7,14H,3,8-13H2,(H,24,27)(H,25,28). The largest absolute Gasteiger partial charge is 0.379 e. The third kappa shape index (κ3) is 6.18. The molecular weight excluding hydrogens is 413 g/mol. The van der Waals surface area contributed by atoms with Crippen LogP contribution in [-0.2, 0) is 4.74 Å². The summed E-state index contributed by atoms with van der Waals surface area (Å²) in [5, 5.41) is 6.38. The number of benzene rings is 2. The minimum atomic E-state index is -0.403. The molecule has 6 nitrogen and oxygen atoms in total. The predicted octanol–water partition coefficient (Wildman–Crippen LogP) is 3.70. The van der Waals surface area contributed by atoms with Gasteiger partial charge in [-0.2, -0.15) is 0 Å². The van der Waals surface area contributed by atoms with E-state index in [1.54, 1.807) is 36.4 Å². The number of carbonyl (C=O) groups is 2. The highest BCUT2D eigenvalue weighted by atomic mass is 35.5. The van der Waals surface area contributed by atoms with Gasteiger partial charge in [-0.3, -0.25) is 14.5 Å². The Bertz CT molecular complexity index is 870. The number of rotatable bonds is 7. The Morgan fingerprint density at radius 2 is 1.76 bits per heavy atom. The lowest BCUT2D eigenvalue weighted by molar-refractivity contribution is 0.0374. The van der Waals surface area contributed by atoms with Crippen molar-refractivity contribution in [3.63, 3.8) is 0 Å². The molecule has 1 saturated heterocycles. The van der Waals surface area contributed by atoms with Crippen molar-refractivity contribution in [2.24, 2.45) is 0 Å². The number of amides is 2. The lowest BCUT2D eigenvalue weighted by atomic mass is 10.1. The van der Waals surface area contributed by atoms with E-state index in [-0.39, 0.29) is 16.5 Å². The first-order chi connectivity index (χ1) is 14.0. The summed E-state index contributed by atoms with van der Waals surface area (Å²) in [5.41, 5.74) is 1.11. The molecule has 2 aromatic rings. The van der Waals surface area contributed by atoms with Crippen LogP contribution in [0.5, 0.6) is 0 Å². The Kier molecular flexibility index (Phi) is 7.89. The average Bonchev–Trinajstić information content (AvgIpc) is 2.72. The fourth-order valence-electron chi connectivity index (χ4n) is 3.08. The SMILES string of the molecule is O=C(Nc1ccccc1C(=O)NCCCN1CCOCC1)c1ccc(Cl)cc1Cl. The highest BCUT2D eigenvalue weighted by molar-refractivity contribution is 6.37. The topological polar surface area (TPSA) is 70.7 Å². The van der Waals surface area contributed by atoms with Crippen molar-refractivity contribution in [3.8, 4) is 0 Å². The molecule has 0 saturated carbocycles. The maximum Gasteiger partial charge on any atom is 0.257 e. The predicted molar refractivity (Wildman–Crippen MR) is 115 cm³/mol. The number of para-hydroxylation sites is 1. The number of halogens is 2. The van der Waals surface area contributed by atoms with Gasteiger partial charge in [0.05, 0.1) is 35.1 Å². The van der Waals surface area contributed by atoms with Crippen LogP contribution < -0.4 is 10.6 Å². The van der Waals surface area contributed by atoms with Crippen molar-refractivity contribution >= 4 is 40.7 Å². The van der Waals surface area contributed by atoms with Crippen molar-refractivity contribution in [3.05, 3.63) is 63.6 Å². The van der Waals surface area contributed by atoms with Gasteiger partial charge in [-0.25, -0.2) is 0 Å². The van der Waals surface area contributed by atoms with E-state index in [1.807, 2.05) is 0 Å². The van der Waals surface area contributed by atoms with Crippen molar-refractivity contribution in [1.82, 2.24) is 10.2 Å². The number of morpholine rings is 1. The molecule has 0 aliphatic carbocycles. The van der Waals surface area contributed by atoms with Gasteiger partial charge in [0.25, 0.3) is 11.8 Å². The molecule has 1 aliphatic rings. The van der Waals surface area contributed by atoms with Crippen LogP contribution in [-0.4, -0.2) is 56.1 Å². The first kappa shape index (κ1) is 21.6. The van der Waals surface area contributed by atoms with Gasteiger partial charge in [0.2, 0.25) is 0 Å². The van der Waals surface area contributed by atoms with E-state index < -0.39 is 5.91 Å². The van der Waals surface area contributed by atoms with Crippen LogP contribution >= 0.6 is 23.2 Å². The third-order valence-corrected chi connectivity index (χ3v) is 5.18. The van der Waals surface area contributed by atoms with Crippen LogP contribution in [0.25, 0.3) is 0 Å². The zero-order valence-corrected chi connectivity index (χ0v) is 17.4. The second-order valence-electron chi connectivity index (χ2n) is 6.69. The summed E-state index contributed by atoms with van der Waals surface area (Å²) in [7, 11) is 0. The maximum atomic E-state index is 12.6. The molecule has 0 unspecified atom stereocenters. The Morgan fingerprint density at radius 3 is 2.52 bits per heavy atom.